The molecule has 0 aliphatic heterocycles. The molecule has 0 aliphatic carbocycles. The van der Waals surface area contributed by atoms with Gasteiger partial charge in [-0.2, -0.15) is 0 Å². The second-order valence-corrected chi connectivity index (χ2v) is 3.27. The predicted molar refractivity (Wildman–Crippen MR) is 58.2 cm³/mol. The van der Waals surface area contributed by atoms with E-state index in [9.17, 15) is 4.79 Å². The van der Waals surface area contributed by atoms with Gasteiger partial charge in [0.25, 0.3) is 0 Å². The van der Waals surface area contributed by atoms with Crippen molar-refractivity contribution in [2.24, 2.45) is 5.92 Å². The maximum absolute atomic E-state index is 10.2. The molecule has 2 N–H and O–H groups in total. The molecule has 0 radical (unpaired) electrons. The van der Waals surface area contributed by atoms with Crippen LogP contribution in [0.4, 0.5) is 0 Å². The highest BCUT2D eigenvalue weighted by atomic mass is 16.4. The first-order valence-electron chi connectivity index (χ1n) is 4.85. The van der Waals surface area contributed by atoms with Crippen LogP contribution in [0.5, 0.6) is 0 Å². The molecule has 0 rings (SSSR count). The largest absolute Gasteiger partial charge is 0.480 e. The van der Waals surface area contributed by atoms with Gasteiger partial charge in [-0.3, -0.25) is 4.79 Å². The van der Waals surface area contributed by atoms with Crippen LogP contribution in [0.25, 0.3) is 0 Å². The molecular weight excluding hydrogens is 178 g/mol. The third kappa shape index (κ3) is 7.55. The molecule has 0 saturated carbocycles. The van der Waals surface area contributed by atoms with Gasteiger partial charge < -0.3 is 10.4 Å². The molecule has 14 heavy (non-hydrogen) atoms. The van der Waals surface area contributed by atoms with Crippen molar-refractivity contribution in [2.75, 3.05) is 13.1 Å². The fourth-order valence-corrected chi connectivity index (χ4v) is 1.30. The molecule has 0 bridgehead atoms. The highest BCUT2D eigenvalue weighted by Crippen LogP contribution is 2.13. The average molecular weight is 197 g/mol. The summed E-state index contributed by atoms with van der Waals surface area (Å²) in [5.41, 5.74) is 0. The molecule has 3 heteroatoms. The summed E-state index contributed by atoms with van der Waals surface area (Å²) in [5.74, 6) is -0.278. The van der Waals surface area contributed by atoms with Crippen molar-refractivity contribution in [3.8, 4) is 0 Å². The van der Waals surface area contributed by atoms with E-state index in [2.05, 4.69) is 18.5 Å². The Morgan fingerprint density at radius 1 is 1.36 bits per heavy atom. The van der Waals surface area contributed by atoms with Gasteiger partial charge in [-0.15, -0.1) is 13.2 Å². The minimum atomic E-state index is -0.811. The van der Waals surface area contributed by atoms with E-state index in [0.717, 1.165) is 25.8 Å². The van der Waals surface area contributed by atoms with Crippen LogP contribution in [-0.2, 0) is 4.79 Å². The van der Waals surface area contributed by atoms with E-state index < -0.39 is 5.97 Å². The van der Waals surface area contributed by atoms with Crippen LogP contribution in [0.3, 0.4) is 0 Å². The Morgan fingerprint density at radius 3 is 2.36 bits per heavy atom. The summed E-state index contributed by atoms with van der Waals surface area (Å²) in [6, 6.07) is 0. The van der Waals surface area contributed by atoms with Crippen molar-refractivity contribution in [3.05, 3.63) is 25.3 Å². The summed E-state index contributed by atoms with van der Waals surface area (Å²) >= 11 is 0. The topological polar surface area (TPSA) is 49.3 Å². The highest BCUT2D eigenvalue weighted by Gasteiger charge is 2.04. The monoisotopic (exact) mass is 197 g/mol. The number of rotatable bonds is 9. The highest BCUT2D eigenvalue weighted by molar-refractivity contribution is 5.68. The molecular formula is C11H19NO2. The molecule has 3 nitrogen and oxygen atoms in total. The molecule has 0 heterocycles. The Bertz CT molecular complexity index is 180. The quantitative estimate of drug-likeness (QED) is 0.438. The van der Waals surface area contributed by atoms with E-state index in [1.54, 1.807) is 0 Å². The van der Waals surface area contributed by atoms with Crippen LogP contribution in [0.2, 0.25) is 0 Å². The number of carbonyl (C=O) groups is 1. The van der Waals surface area contributed by atoms with Gasteiger partial charge in [0.15, 0.2) is 0 Å². The SMILES string of the molecule is C=CCC(CC=C)CCNCC(=O)O. The smallest absolute Gasteiger partial charge is 0.317 e. The van der Waals surface area contributed by atoms with E-state index >= 15 is 0 Å². The minimum Gasteiger partial charge on any atom is -0.480 e. The summed E-state index contributed by atoms with van der Waals surface area (Å²) in [5, 5.41) is 11.3. The first kappa shape index (κ1) is 12.9. The van der Waals surface area contributed by atoms with E-state index in [4.69, 9.17) is 5.11 Å². The van der Waals surface area contributed by atoms with Gasteiger partial charge in [0.2, 0.25) is 0 Å². The summed E-state index contributed by atoms with van der Waals surface area (Å²) in [7, 11) is 0. The second-order valence-electron chi connectivity index (χ2n) is 3.27. The zero-order valence-corrected chi connectivity index (χ0v) is 8.54. The number of aliphatic carboxylic acids is 1. The third-order valence-electron chi connectivity index (χ3n) is 2.01. The maximum Gasteiger partial charge on any atom is 0.317 e. The van der Waals surface area contributed by atoms with Gasteiger partial charge in [-0.05, 0) is 31.7 Å². The van der Waals surface area contributed by atoms with E-state index in [0.29, 0.717) is 5.92 Å². The van der Waals surface area contributed by atoms with Crippen molar-refractivity contribution in [1.82, 2.24) is 5.32 Å². The van der Waals surface area contributed by atoms with Crippen LogP contribution in [0, 0.1) is 5.92 Å². The molecule has 0 saturated heterocycles. The minimum absolute atomic E-state index is 0.0366. The fraction of sp³-hybridized carbons (Fsp3) is 0.545. The lowest BCUT2D eigenvalue weighted by Crippen LogP contribution is -2.24. The molecule has 0 fully saturated rings. The lowest BCUT2D eigenvalue weighted by Gasteiger charge is -2.12. The van der Waals surface area contributed by atoms with Crippen LogP contribution >= 0.6 is 0 Å². The summed E-state index contributed by atoms with van der Waals surface area (Å²) in [4.78, 5) is 10.2. The Kier molecular flexibility index (Phi) is 7.84. The number of carboxylic acids is 1. The van der Waals surface area contributed by atoms with Gasteiger partial charge in [0, 0.05) is 0 Å². The molecule has 0 atom stereocenters. The van der Waals surface area contributed by atoms with E-state index in [1.807, 2.05) is 12.2 Å². The molecule has 0 spiro atoms. The molecule has 0 aromatic rings. The van der Waals surface area contributed by atoms with E-state index in [1.165, 1.54) is 0 Å². The first-order valence-corrected chi connectivity index (χ1v) is 4.85. The standard InChI is InChI=1S/C11H19NO2/c1-3-5-10(6-4-2)7-8-12-9-11(13)14/h3-4,10,12H,1-2,5-9H2,(H,13,14). The average Bonchev–Trinajstić information content (AvgIpc) is 2.12. The van der Waals surface area contributed by atoms with Crippen molar-refractivity contribution >= 4 is 5.97 Å². The zero-order chi connectivity index (χ0) is 10.8. The van der Waals surface area contributed by atoms with Crippen LogP contribution in [0.15, 0.2) is 25.3 Å². The first-order chi connectivity index (χ1) is 6.70. The fourth-order valence-electron chi connectivity index (χ4n) is 1.30. The van der Waals surface area contributed by atoms with Crippen LogP contribution in [0.1, 0.15) is 19.3 Å². The summed E-state index contributed by atoms with van der Waals surface area (Å²) in [6.07, 6.45) is 6.67. The van der Waals surface area contributed by atoms with Gasteiger partial charge in [0.05, 0.1) is 6.54 Å². The molecule has 80 valence electrons. The molecule has 0 aromatic heterocycles. The zero-order valence-electron chi connectivity index (χ0n) is 8.54. The van der Waals surface area contributed by atoms with Crippen LogP contribution < -0.4 is 5.32 Å². The molecule has 0 aliphatic rings. The summed E-state index contributed by atoms with van der Waals surface area (Å²) in [6.45, 7) is 8.15. The van der Waals surface area contributed by atoms with Crippen LogP contribution in [-0.4, -0.2) is 24.2 Å². The van der Waals surface area contributed by atoms with Crippen molar-refractivity contribution in [2.45, 2.75) is 19.3 Å². The van der Waals surface area contributed by atoms with Gasteiger partial charge >= 0.3 is 5.97 Å². The van der Waals surface area contributed by atoms with Gasteiger partial charge in [-0.1, -0.05) is 12.2 Å². The Labute approximate surface area is 85.5 Å². The van der Waals surface area contributed by atoms with Crippen molar-refractivity contribution < 1.29 is 9.90 Å². The lowest BCUT2D eigenvalue weighted by molar-refractivity contribution is -0.135. The number of hydrogen-bond donors (Lipinski definition) is 2. The van der Waals surface area contributed by atoms with Gasteiger partial charge in [0.1, 0.15) is 0 Å². The predicted octanol–water partition coefficient (Wildman–Crippen LogP) is 1.82. The number of carboxylic acid groups (broad SMARTS) is 1. The van der Waals surface area contributed by atoms with E-state index in [-0.39, 0.29) is 6.54 Å². The maximum atomic E-state index is 10.2. The molecule has 0 aromatic carbocycles. The second kappa shape index (κ2) is 8.51. The Hall–Kier alpha value is -1.09. The van der Waals surface area contributed by atoms with Gasteiger partial charge in [-0.25, -0.2) is 0 Å². The molecule has 0 amide bonds. The Balaban J connectivity index is 3.53. The van der Waals surface area contributed by atoms with Crippen molar-refractivity contribution in [3.63, 3.8) is 0 Å². The molecule has 0 unspecified atom stereocenters. The Morgan fingerprint density at radius 2 is 1.93 bits per heavy atom. The summed E-state index contributed by atoms with van der Waals surface area (Å²) < 4.78 is 0. The lowest BCUT2D eigenvalue weighted by atomic mass is 9.98. The number of hydrogen-bond acceptors (Lipinski definition) is 2. The normalized spacial score (nSPS) is 10.1. The number of allylic oxidation sites excluding steroid dienone is 2. The van der Waals surface area contributed by atoms with Crippen molar-refractivity contribution in [1.29, 1.82) is 0 Å². The third-order valence-corrected chi connectivity index (χ3v) is 2.01. The number of nitrogens with one attached hydrogen (secondary N) is 1.